The van der Waals surface area contributed by atoms with Crippen LogP contribution in [0.4, 0.5) is 34.3 Å². The molecule has 4 N–H and O–H groups in total. The summed E-state index contributed by atoms with van der Waals surface area (Å²) in [4.78, 5) is 49.0. The van der Waals surface area contributed by atoms with Gasteiger partial charge < -0.3 is 49.1 Å². The summed E-state index contributed by atoms with van der Waals surface area (Å²) in [7, 11) is -2.91. The van der Waals surface area contributed by atoms with Gasteiger partial charge in [0.05, 0.1) is 59.6 Å². The second kappa shape index (κ2) is 24.2. The van der Waals surface area contributed by atoms with E-state index in [9.17, 15) is 28.4 Å². The fourth-order valence-corrected chi connectivity index (χ4v) is 16.3. The highest BCUT2D eigenvalue weighted by molar-refractivity contribution is 7.90. The SMILES string of the molecule is COc1cc(C[C@@H]2CCN(C3CC4(CCN(c5ccc(C(=O)NS(=O)(=O)c6ccc(NC[C@H]7CC[C@](C)(O)CC7)c([N+](=O)[O-])c6)c(N6c7cc8cc[nH]c8nc7O[C@H]7COCC[C@@H]76)c5)CC4)C3)[C@H](c3ccccc3C(C)C)C2)cnc1N1CCOCC1. The summed E-state index contributed by atoms with van der Waals surface area (Å²) in [6.07, 6.45) is 14.2. The van der Waals surface area contributed by atoms with Crippen LogP contribution in [0.5, 0.6) is 11.6 Å². The number of piperidine rings is 2. The molecule has 0 bridgehead atoms. The number of carbonyl (C=O) groups excluding carboxylic acids is 1. The number of H-pyrrole nitrogens is 1. The first-order valence-electron chi connectivity index (χ1n) is 31.4. The third-order valence-electron chi connectivity index (χ3n) is 20.2. The Morgan fingerprint density at radius 1 is 0.897 bits per heavy atom. The lowest BCUT2D eigenvalue weighted by molar-refractivity contribution is -0.384. The molecule has 4 saturated heterocycles. The van der Waals surface area contributed by atoms with E-state index in [1.165, 1.54) is 28.8 Å². The number of nitrogens with zero attached hydrogens (tertiary/aromatic N) is 7. The van der Waals surface area contributed by atoms with Crippen LogP contribution in [0.25, 0.3) is 11.0 Å². The second-order valence-electron chi connectivity index (χ2n) is 26.2. The third kappa shape index (κ3) is 12.1. The molecule has 4 atom stereocenters. The van der Waals surface area contributed by atoms with Crippen molar-refractivity contribution in [2.45, 2.75) is 138 Å². The van der Waals surface area contributed by atoms with Crippen LogP contribution < -0.4 is 34.2 Å². The second-order valence-corrected chi connectivity index (χ2v) is 27.9. The summed E-state index contributed by atoms with van der Waals surface area (Å²) >= 11 is 0. The maximum absolute atomic E-state index is 14.9. The molecule has 3 aromatic carbocycles. The van der Waals surface area contributed by atoms with E-state index >= 15 is 0 Å². The number of fused-ring (bicyclic) bond motifs is 3. The lowest BCUT2D eigenvalue weighted by atomic mass is 9.59. The average molecular weight is 1210 g/mol. The van der Waals surface area contributed by atoms with E-state index in [0.717, 1.165) is 119 Å². The standard InChI is InChI=1S/C66H82N10O10S/c1-42(2)50-7-5-6-8-51(50)55-32-44(31-45-33-59(83-4)62(69-40-45)73-26-29-84-30-27-73)16-23-74(55)48-37-66(38-48)20-24-72(25-21-66)47-9-11-52(56(35-47)75-54-17-28-85-41-60(54)86-64-58(75)34-46-15-22-67-61(46)70-64)63(77)71-87(81,82)49-10-12-53(57(36-49)76(79)80)68-39-43-13-18-65(3,78)19-14-43/h5-12,15,22,33-36,40,42-44,48,54-55,60,68,78H,13-14,16-21,23-32,37-39,41H2,1-4H3,(H,67,70)(H,71,77)/t43-,44-,54-,55-,60-,65-/m0/s1. The fraction of sp³-hybridized carbons (Fsp3) is 0.530. The van der Waals surface area contributed by atoms with E-state index in [-0.39, 0.29) is 28.6 Å². The predicted molar refractivity (Wildman–Crippen MR) is 334 cm³/mol. The van der Waals surface area contributed by atoms with Crippen LogP contribution in [0.3, 0.4) is 0 Å². The van der Waals surface area contributed by atoms with Gasteiger partial charge in [0, 0.05) is 80.9 Å². The summed E-state index contributed by atoms with van der Waals surface area (Å²) < 4.78 is 55.1. The number of hydrogen-bond acceptors (Lipinski definition) is 17. The minimum Gasteiger partial charge on any atom is -0.493 e. The monoisotopic (exact) mass is 1210 g/mol. The first-order chi connectivity index (χ1) is 42.0. The molecule has 20 nitrogen and oxygen atoms in total. The van der Waals surface area contributed by atoms with Crippen LogP contribution in [0.15, 0.2) is 96.2 Å². The number of anilines is 5. The van der Waals surface area contributed by atoms with Gasteiger partial charge in [-0.15, -0.1) is 0 Å². The number of aromatic amines is 1. The topological polar surface area (TPSA) is 230 Å². The first-order valence-corrected chi connectivity index (χ1v) is 32.9. The summed E-state index contributed by atoms with van der Waals surface area (Å²) in [6.45, 7) is 13.3. The zero-order chi connectivity index (χ0) is 60.2. The van der Waals surface area contributed by atoms with E-state index in [2.05, 4.69) is 85.0 Å². The molecule has 3 aromatic heterocycles. The maximum Gasteiger partial charge on any atom is 0.293 e. The molecule has 0 radical (unpaired) electrons. The van der Waals surface area contributed by atoms with Crippen molar-refractivity contribution in [1.29, 1.82) is 0 Å². The van der Waals surface area contributed by atoms with Gasteiger partial charge in [-0.2, -0.15) is 4.98 Å². The Kier molecular flexibility index (Phi) is 16.4. The van der Waals surface area contributed by atoms with Crippen molar-refractivity contribution in [3.05, 3.63) is 124 Å². The van der Waals surface area contributed by atoms with E-state index in [0.29, 0.717) is 99.1 Å². The number of nitro groups is 1. The van der Waals surface area contributed by atoms with Crippen molar-refractivity contribution in [3.63, 3.8) is 0 Å². The molecule has 6 aromatic rings. The number of sulfonamides is 1. The van der Waals surface area contributed by atoms with Gasteiger partial charge in [-0.3, -0.25) is 19.8 Å². The van der Waals surface area contributed by atoms with Gasteiger partial charge in [0.15, 0.2) is 11.6 Å². The van der Waals surface area contributed by atoms with Gasteiger partial charge in [0.25, 0.3) is 21.6 Å². The molecule has 21 heteroatoms. The Bertz CT molecular complexity index is 3620. The number of rotatable bonds is 16. The van der Waals surface area contributed by atoms with Gasteiger partial charge >= 0.3 is 0 Å². The summed E-state index contributed by atoms with van der Waals surface area (Å²) in [5, 5.41) is 26.9. The van der Waals surface area contributed by atoms with Crippen molar-refractivity contribution < 1.29 is 42.2 Å². The molecule has 5 aliphatic heterocycles. The van der Waals surface area contributed by atoms with Gasteiger partial charge in [-0.1, -0.05) is 38.1 Å². The molecule has 1 spiro atoms. The van der Waals surface area contributed by atoms with Gasteiger partial charge in [0.1, 0.15) is 23.1 Å². The number of hydrogen-bond donors (Lipinski definition) is 4. The fourth-order valence-electron chi connectivity index (χ4n) is 15.3. The normalized spacial score (nSPS) is 25.1. The largest absolute Gasteiger partial charge is 0.493 e. The summed E-state index contributed by atoms with van der Waals surface area (Å²) in [5.41, 5.74) is 6.12. The Morgan fingerprint density at radius 3 is 2.46 bits per heavy atom. The number of nitro benzene ring substituents is 1. The molecule has 462 valence electrons. The van der Waals surface area contributed by atoms with Crippen LogP contribution in [0.1, 0.15) is 130 Å². The Morgan fingerprint density at radius 2 is 1.69 bits per heavy atom. The van der Waals surface area contributed by atoms with Gasteiger partial charge in [0.2, 0.25) is 5.88 Å². The number of pyridine rings is 2. The van der Waals surface area contributed by atoms with Gasteiger partial charge in [-0.05, 0) is 179 Å². The van der Waals surface area contributed by atoms with Gasteiger partial charge in [-0.25, -0.2) is 18.1 Å². The number of morpholine rings is 1. The van der Waals surface area contributed by atoms with E-state index in [1.54, 1.807) is 13.2 Å². The lowest BCUT2D eigenvalue weighted by Gasteiger charge is -2.58. The number of ether oxygens (including phenoxy) is 4. The molecule has 0 unspecified atom stereocenters. The Labute approximate surface area is 509 Å². The molecular weight excluding hydrogens is 1120 g/mol. The van der Waals surface area contributed by atoms with Crippen LogP contribution in [-0.2, 0) is 25.9 Å². The van der Waals surface area contributed by atoms with Crippen molar-refractivity contribution in [2.75, 3.05) is 92.8 Å². The highest BCUT2D eigenvalue weighted by Gasteiger charge is 2.51. The van der Waals surface area contributed by atoms with Crippen molar-refractivity contribution >= 4 is 61.2 Å². The van der Waals surface area contributed by atoms with E-state index in [4.69, 9.17) is 28.9 Å². The highest BCUT2D eigenvalue weighted by atomic mass is 32.2. The molecule has 13 rings (SSSR count). The number of carbonyl (C=O) groups is 1. The van der Waals surface area contributed by atoms with Crippen LogP contribution in [0.2, 0.25) is 0 Å². The third-order valence-corrected chi connectivity index (χ3v) is 21.6. The molecule has 6 fully saturated rings. The number of methoxy groups -OCH3 is 1. The number of benzene rings is 3. The van der Waals surface area contributed by atoms with Crippen LogP contribution in [-0.4, -0.2) is 141 Å². The number of likely N-dealkylation sites (tertiary alicyclic amines) is 1. The van der Waals surface area contributed by atoms with Crippen LogP contribution in [0, 0.1) is 27.4 Å². The zero-order valence-electron chi connectivity index (χ0n) is 50.4. The number of aliphatic hydroxyl groups is 1. The lowest BCUT2D eigenvalue weighted by Crippen LogP contribution is -2.57. The number of aromatic nitrogens is 3. The summed E-state index contributed by atoms with van der Waals surface area (Å²) in [6, 6.07) is 25.0. The van der Waals surface area contributed by atoms with E-state index < -0.39 is 43.1 Å². The van der Waals surface area contributed by atoms with Crippen molar-refractivity contribution in [1.82, 2.24) is 24.6 Å². The molecule has 2 saturated carbocycles. The minimum absolute atomic E-state index is 0.111. The first kappa shape index (κ1) is 59.0. The quantitative estimate of drug-likeness (QED) is 0.0521. The molecule has 8 heterocycles. The number of nitrogens with one attached hydrogen (secondary N) is 3. The molecular formula is C66H82N10O10S. The smallest absolute Gasteiger partial charge is 0.293 e. The zero-order valence-corrected chi connectivity index (χ0v) is 51.2. The maximum atomic E-state index is 14.9. The van der Waals surface area contributed by atoms with E-state index in [1.807, 2.05) is 37.4 Å². The highest BCUT2D eigenvalue weighted by Crippen LogP contribution is 2.55. The minimum atomic E-state index is -4.65. The van der Waals surface area contributed by atoms with Crippen molar-refractivity contribution in [3.8, 4) is 11.6 Å². The molecule has 1 amide bonds. The Hall–Kier alpha value is -7.04. The van der Waals surface area contributed by atoms with Crippen molar-refractivity contribution in [2.24, 2.45) is 17.3 Å². The Balaban J connectivity index is 0.743. The number of amides is 1. The molecule has 7 aliphatic rings. The predicted octanol–water partition coefficient (Wildman–Crippen LogP) is 10.4. The average Bonchev–Trinajstić information content (AvgIpc) is 1.53. The summed E-state index contributed by atoms with van der Waals surface area (Å²) in [5.74, 6) is 2.28. The van der Waals surface area contributed by atoms with Crippen LogP contribution >= 0.6 is 0 Å². The molecule has 2 aliphatic carbocycles. The molecule has 87 heavy (non-hydrogen) atoms.